The van der Waals surface area contributed by atoms with Gasteiger partial charge in [0, 0.05) is 16.1 Å². The molecule has 0 amide bonds. The summed E-state index contributed by atoms with van der Waals surface area (Å²) in [7, 11) is -2.84. The van der Waals surface area contributed by atoms with Crippen molar-refractivity contribution in [2.45, 2.75) is 24.5 Å². The van der Waals surface area contributed by atoms with Crippen molar-refractivity contribution >= 4 is 25.8 Å². The average Bonchev–Trinajstić information content (AvgIpc) is 2.99. The average molecular weight is 289 g/mol. The summed E-state index contributed by atoms with van der Waals surface area (Å²) in [5.41, 5.74) is 1.14. The molecule has 1 aliphatic rings. The highest BCUT2D eigenvalue weighted by Gasteiger charge is 2.46. The van der Waals surface area contributed by atoms with Gasteiger partial charge in [0.05, 0.1) is 5.25 Å². The number of sulfone groups is 1. The van der Waals surface area contributed by atoms with Crippen molar-refractivity contribution in [2.24, 2.45) is 0 Å². The van der Waals surface area contributed by atoms with E-state index in [9.17, 15) is 8.42 Å². The van der Waals surface area contributed by atoms with Gasteiger partial charge >= 0.3 is 0 Å². The van der Waals surface area contributed by atoms with Gasteiger partial charge in [-0.3, -0.25) is 0 Å². The zero-order valence-corrected chi connectivity index (χ0v) is 10.9. The molecule has 1 aromatic rings. The maximum Gasteiger partial charge on any atom is 0.153 e. The van der Waals surface area contributed by atoms with Crippen molar-refractivity contribution in [1.29, 1.82) is 0 Å². The first kappa shape index (κ1) is 11.1. The Morgan fingerprint density at radius 3 is 2.47 bits per heavy atom. The number of benzene rings is 1. The quantitative estimate of drug-likeness (QED) is 0.857. The molecule has 15 heavy (non-hydrogen) atoms. The van der Waals surface area contributed by atoms with Crippen LogP contribution in [0.4, 0.5) is 0 Å². The molecule has 1 saturated carbocycles. The Morgan fingerprint density at radius 1 is 1.33 bits per heavy atom. The zero-order chi connectivity index (χ0) is 11.1. The maximum atomic E-state index is 11.6. The monoisotopic (exact) mass is 288 g/mol. The molecule has 1 aromatic carbocycles. The number of hydrogen-bond donors (Lipinski definition) is 0. The van der Waals surface area contributed by atoms with Gasteiger partial charge in [0.15, 0.2) is 9.84 Å². The van der Waals surface area contributed by atoms with Gasteiger partial charge in [-0.05, 0) is 24.1 Å². The fourth-order valence-corrected chi connectivity index (χ4v) is 3.69. The predicted octanol–water partition coefficient (Wildman–Crippen LogP) is 2.74. The summed E-state index contributed by atoms with van der Waals surface area (Å²) >= 11 is 3.36. The molecule has 4 heteroatoms. The molecule has 0 spiro atoms. The highest BCUT2D eigenvalue weighted by Crippen LogP contribution is 2.46. The molecular formula is C11H13BrO2S. The summed E-state index contributed by atoms with van der Waals surface area (Å²) < 4.78 is 24.2. The summed E-state index contributed by atoms with van der Waals surface area (Å²) in [6.45, 7) is 1.71. The second kappa shape index (κ2) is 3.91. The molecule has 0 bridgehead atoms. The van der Waals surface area contributed by atoms with Crippen LogP contribution in [-0.2, 0) is 9.84 Å². The van der Waals surface area contributed by atoms with E-state index in [-0.39, 0.29) is 16.9 Å². The minimum atomic E-state index is -2.84. The van der Waals surface area contributed by atoms with E-state index in [0.29, 0.717) is 0 Å². The largest absolute Gasteiger partial charge is 0.229 e. The van der Waals surface area contributed by atoms with Crippen molar-refractivity contribution < 1.29 is 8.42 Å². The fraction of sp³-hybridized carbons (Fsp3) is 0.455. The summed E-state index contributed by atoms with van der Waals surface area (Å²) in [5, 5.41) is -0.135. The van der Waals surface area contributed by atoms with Gasteiger partial charge < -0.3 is 0 Å². The van der Waals surface area contributed by atoms with Gasteiger partial charge in [0.1, 0.15) is 0 Å². The van der Waals surface area contributed by atoms with Crippen LogP contribution in [0.25, 0.3) is 0 Å². The van der Waals surface area contributed by atoms with Crippen LogP contribution >= 0.6 is 15.9 Å². The molecule has 0 aliphatic heterocycles. The van der Waals surface area contributed by atoms with Crippen LogP contribution in [0, 0.1) is 0 Å². The molecule has 0 saturated heterocycles. The van der Waals surface area contributed by atoms with Crippen LogP contribution in [0.15, 0.2) is 28.7 Å². The van der Waals surface area contributed by atoms with Crippen molar-refractivity contribution in [3.63, 3.8) is 0 Å². The summed E-state index contributed by atoms with van der Waals surface area (Å²) in [5.74, 6) is 0.480. The molecule has 2 rings (SSSR count). The van der Waals surface area contributed by atoms with E-state index in [0.717, 1.165) is 16.5 Å². The summed E-state index contributed by atoms with van der Waals surface area (Å²) in [6.07, 6.45) is 0.789. The minimum absolute atomic E-state index is 0.135. The fourth-order valence-electron chi connectivity index (χ4n) is 1.84. The number of rotatable bonds is 3. The van der Waals surface area contributed by atoms with Gasteiger partial charge in [-0.25, -0.2) is 8.42 Å². The van der Waals surface area contributed by atoms with E-state index in [1.807, 2.05) is 24.3 Å². The van der Waals surface area contributed by atoms with Gasteiger partial charge in [0.25, 0.3) is 0 Å². The van der Waals surface area contributed by atoms with Crippen LogP contribution in [0.5, 0.6) is 0 Å². The second-order valence-corrected chi connectivity index (χ2v) is 7.31. The zero-order valence-electron chi connectivity index (χ0n) is 8.48. The first-order valence-corrected chi connectivity index (χ1v) is 7.52. The van der Waals surface area contributed by atoms with E-state index in [2.05, 4.69) is 15.9 Å². The van der Waals surface area contributed by atoms with Crippen LogP contribution < -0.4 is 0 Å². The van der Waals surface area contributed by atoms with Crippen molar-refractivity contribution in [1.82, 2.24) is 0 Å². The molecule has 0 N–H and O–H groups in total. The highest BCUT2D eigenvalue weighted by molar-refractivity contribution is 9.10. The van der Waals surface area contributed by atoms with Crippen LogP contribution in [-0.4, -0.2) is 19.4 Å². The Labute approximate surface area is 98.7 Å². The molecule has 82 valence electrons. The third-order valence-electron chi connectivity index (χ3n) is 2.89. The third-order valence-corrected chi connectivity index (χ3v) is 5.67. The van der Waals surface area contributed by atoms with Crippen LogP contribution in [0.2, 0.25) is 0 Å². The summed E-state index contributed by atoms with van der Waals surface area (Å²) in [4.78, 5) is 0. The molecule has 1 fully saturated rings. The lowest BCUT2D eigenvalue weighted by Gasteiger charge is -2.01. The van der Waals surface area contributed by atoms with Gasteiger partial charge in [-0.15, -0.1) is 0 Å². The molecule has 0 unspecified atom stereocenters. The molecule has 1 aliphatic carbocycles. The first-order chi connectivity index (χ1) is 7.04. The number of hydrogen-bond acceptors (Lipinski definition) is 2. The molecular weight excluding hydrogens is 276 g/mol. The normalized spacial score (nSPS) is 25.2. The van der Waals surface area contributed by atoms with Crippen molar-refractivity contribution in [3.8, 4) is 0 Å². The van der Waals surface area contributed by atoms with Crippen molar-refractivity contribution in [3.05, 3.63) is 34.3 Å². The summed E-state index contributed by atoms with van der Waals surface area (Å²) in [6, 6.07) is 7.92. The van der Waals surface area contributed by atoms with Crippen LogP contribution in [0.1, 0.15) is 24.8 Å². The molecule has 2 atom stereocenters. The Balaban J connectivity index is 2.15. The molecule has 0 heterocycles. The smallest absolute Gasteiger partial charge is 0.153 e. The van der Waals surface area contributed by atoms with Gasteiger partial charge in [-0.2, -0.15) is 0 Å². The topological polar surface area (TPSA) is 34.1 Å². The maximum absolute atomic E-state index is 11.6. The SMILES string of the molecule is CCS(=O)(=O)[C@H]1C[C@H]1c1ccc(Br)cc1. The highest BCUT2D eigenvalue weighted by atomic mass is 79.9. The minimum Gasteiger partial charge on any atom is -0.229 e. The van der Waals surface area contributed by atoms with E-state index < -0.39 is 9.84 Å². The Kier molecular flexibility index (Phi) is 2.90. The Bertz CT molecular complexity index is 450. The lowest BCUT2D eigenvalue weighted by molar-refractivity contribution is 0.595. The van der Waals surface area contributed by atoms with Crippen molar-refractivity contribution in [2.75, 3.05) is 5.75 Å². The van der Waals surface area contributed by atoms with Gasteiger partial charge in [-0.1, -0.05) is 35.0 Å². The molecule has 2 nitrogen and oxygen atoms in total. The van der Waals surface area contributed by atoms with Gasteiger partial charge in [0.2, 0.25) is 0 Å². The van der Waals surface area contributed by atoms with E-state index >= 15 is 0 Å². The standard InChI is InChI=1S/C11H13BrO2S/c1-2-15(13,14)11-7-10(11)8-3-5-9(12)6-4-8/h3-6,10-11H,2,7H2,1H3/t10-,11-/m0/s1. The predicted molar refractivity (Wildman–Crippen MR) is 64.7 cm³/mol. The molecule has 0 aromatic heterocycles. The first-order valence-electron chi connectivity index (χ1n) is 5.01. The van der Waals surface area contributed by atoms with E-state index in [1.165, 1.54) is 0 Å². The Morgan fingerprint density at radius 2 is 1.93 bits per heavy atom. The Hall–Kier alpha value is -0.350. The second-order valence-electron chi connectivity index (χ2n) is 3.88. The third kappa shape index (κ3) is 2.26. The van der Waals surface area contributed by atoms with E-state index in [4.69, 9.17) is 0 Å². The van der Waals surface area contributed by atoms with Crippen LogP contribution in [0.3, 0.4) is 0 Å². The van der Waals surface area contributed by atoms with E-state index in [1.54, 1.807) is 6.92 Å². The molecule has 0 radical (unpaired) electrons. The lowest BCUT2D eigenvalue weighted by atomic mass is 10.1. The number of halogens is 1. The lowest BCUT2D eigenvalue weighted by Crippen LogP contribution is -2.10.